The van der Waals surface area contributed by atoms with Crippen molar-refractivity contribution in [3.63, 3.8) is 0 Å². The fourth-order valence-electron chi connectivity index (χ4n) is 1.79. The molecule has 0 bridgehead atoms. The Balaban J connectivity index is 2.64. The van der Waals surface area contributed by atoms with Gasteiger partial charge in [0.25, 0.3) is 0 Å². The summed E-state index contributed by atoms with van der Waals surface area (Å²) in [4.78, 5) is 0. The first kappa shape index (κ1) is 10.4. The second-order valence-electron chi connectivity index (χ2n) is 3.78. The number of aryl methyl sites for hydroxylation is 3. The summed E-state index contributed by atoms with van der Waals surface area (Å²) in [6, 6.07) is 6.46. The molecule has 2 aromatic rings. The molecule has 0 unspecified atom stereocenters. The highest BCUT2D eigenvalue weighted by atomic mass is 79.9. The third kappa shape index (κ3) is 1.84. The fraction of sp³-hybridized carbons (Fsp3) is 0.250. The van der Waals surface area contributed by atoms with Crippen LogP contribution >= 0.6 is 15.9 Å². The maximum Gasteiger partial charge on any atom is 0.0823 e. The smallest absolute Gasteiger partial charge is 0.0823 e. The van der Waals surface area contributed by atoms with Gasteiger partial charge < -0.3 is 0 Å². The summed E-state index contributed by atoms with van der Waals surface area (Å²) < 4.78 is 2.93. The Morgan fingerprint density at radius 1 is 1.27 bits per heavy atom. The van der Waals surface area contributed by atoms with Crippen LogP contribution in [0.5, 0.6) is 0 Å². The molecule has 2 nitrogen and oxygen atoms in total. The van der Waals surface area contributed by atoms with E-state index in [1.807, 2.05) is 17.9 Å². The first-order valence-electron chi connectivity index (χ1n) is 4.84. The van der Waals surface area contributed by atoms with E-state index in [0.29, 0.717) is 0 Å². The maximum atomic E-state index is 4.23. The molecule has 1 aromatic heterocycles. The summed E-state index contributed by atoms with van der Waals surface area (Å²) in [6.07, 6.45) is 1.83. The Morgan fingerprint density at radius 3 is 2.53 bits per heavy atom. The van der Waals surface area contributed by atoms with E-state index in [2.05, 4.69) is 53.1 Å². The lowest BCUT2D eigenvalue weighted by Gasteiger charge is -2.08. The van der Waals surface area contributed by atoms with E-state index in [1.165, 1.54) is 16.7 Å². The van der Waals surface area contributed by atoms with Crippen molar-refractivity contribution in [3.05, 3.63) is 40.0 Å². The van der Waals surface area contributed by atoms with Gasteiger partial charge in [-0.3, -0.25) is 4.68 Å². The largest absolute Gasteiger partial charge is 0.267 e. The number of aromatic nitrogens is 2. The second-order valence-corrected chi connectivity index (χ2v) is 4.64. The van der Waals surface area contributed by atoms with Crippen LogP contribution in [0.4, 0.5) is 0 Å². The topological polar surface area (TPSA) is 17.8 Å². The quantitative estimate of drug-likeness (QED) is 0.772. The molecule has 0 fully saturated rings. The molecule has 0 aliphatic heterocycles. The number of hydrogen-bond donors (Lipinski definition) is 0. The lowest BCUT2D eigenvalue weighted by molar-refractivity contribution is 0.775. The average Bonchev–Trinajstić information content (AvgIpc) is 2.48. The number of halogens is 1. The molecule has 0 aliphatic carbocycles. The summed E-state index contributed by atoms with van der Waals surface area (Å²) in [6.45, 7) is 4.23. The van der Waals surface area contributed by atoms with Gasteiger partial charge in [0.1, 0.15) is 0 Å². The molecule has 15 heavy (non-hydrogen) atoms. The van der Waals surface area contributed by atoms with E-state index in [0.717, 1.165) is 10.2 Å². The van der Waals surface area contributed by atoms with E-state index < -0.39 is 0 Å². The third-order valence-electron chi connectivity index (χ3n) is 2.53. The van der Waals surface area contributed by atoms with E-state index in [-0.39, 0.29) is 0 Å². The second kappa shape index (κ2) is 3.81. The Kier molecular flexibility index (Phi) is 2.65. The van der Waals surface area contributed by atoms with Gasteiger partial charge in [0, 0.05) is 12.6 Å². The average molecular weight is 265 g/mol. The Hall–Kier alpha value is -1.09. The molecule has 0 atom stereocenters. The predicted octanol–water partition coefficient (Wildman–Crippen LogP) is 3.47. The fourth-order valence-corrected chi connectivity index (χ4v) is 2.35. The Morgan fingerprint density at radius 2 is 2.00 bits per heavy atom. The van der Waals surface area contributed by atoms with Crippen LogP contribution in [0.3, 0.4) is 0 Å². The maximum absolute atomic E-state index is 4.23. The minimum absolute atomic E-state index is 1.04. The van der Waals surface area contributed by atoms with Gasteiger partial charge in [-0.2, -0.15) is 5.10 Å². The standard InChI is InChI=1S/C12H13BrN2/c1-8-4-5-10(9(2)6-8)12-11(13)7-14-15(12)3/h4-7H,1-3H3. The van der Waals surface area contributed by atoms with Crippen LogP contribution in [0.25, 0.3) is 11.3 Å². The number of benzene rings is 1. The minimum Gasteiger partial charge on any atom is -0.267 e. The monoisotopic (exact) mass is 264 g/mol. The Labute approximate surface area is 98.1 Å². The van der Waals surface area contributed by atoms with E-state index >= 15 is 0 Å². The lowest BCUT2D eigenvalue weighted by Crippen LogP contribution is -1.95. The molecule has 0 N–H and O–H groups in total. The molecule has 1 aromatic carbocycles. The van der Waals surface area contributed by atoms with Crippen molar-refractivity contribution in [2.24, 2.45) is 7.05 Å². The van der Waals surface area contributed by atoms with Gasteiger partial charge in [0.2, 0.25) is 0 Å². The van der Waals surface area contributed by atoms with Gasteiger partial charge in [-0.15, -0.1) is 0 Å². The number of hydrogen-bond acceptors (Lipinski definition) is 1. The molecule has 3 heteroatoms. The SMILES string of the molecule is Cc1ccc(-c2c(Br)cnn2C)c(C)c1. The van der Waals surface area contributed by atoms with Gasteiger partial charge in [0.15, 0.2) is 0 Å². The number of rotatable bonds is 1. The molecule has 0 saturated heterocycles. The molecule has 0 aliphatic rings. The normalized spacial score (nSPS) is 10.7. The summed E-state index contributed by atoms with van der Waals surface area (Å²) in [5.41, 5.74) is 4.92. The third-order valence-corrected chi connectivity index (χ3v) is 3.11. The highest BCUT2D eigenvalue weighted by molar-refractivity contribution is 9.10. The van der Waals surface area contributed by atoms with Crippen molar-refractivity contribution in [2.75, 3.05) is 0 Å². The summed E-state index contributed by atoms with van der Waals surface area (Å²) in [5, 5.41) is 4.23. The van der Waals surface area contributed by atoms with Crippen molar-refractivity contribution in [2.45, 2.75) is 13.8 Å². The predicted molar refractivity (Wildman–Crippen MR) is 65.8 cm³/mol. The van der Waals surface area contributed by atoms with Gasteiger partial charge in [-0.25, -0.2) is 0 Å². The highest BCUT2D eigenvalue weighted by Gasteiger charge is 2.10. The van der Waals surface area contributed by atoms with E-state index in [4.69, 9.17) is 0 Å². The highest BCUT2D eigenvalue weighted by Crippen LogP contribution is 2.30. The lowest BCUT2D eigenvalue weighted by atomic mass is 10.0. The molecular formula is C12H13BrN2. The summed E-state index contributed by atoms with van der Waals surface area (Å²) >= 11 is 3.52. The first-order valence-corrected chi connectivity index (χ1v) is 5.64. The van der Waals surface area contributed by atoms with Crippen LogP contribution in [-0.2, 0) is 7.05 Å². The van der Waals surface area contributed by atoms with Crippen LogP contribution in [0.15, 0.2) is 28.9 Å². The summed E-state index contributed by atoms with van der Waals surface area (Å²) in [5.74, 6) is 0. The van der Waals surface area contributed by atoms with E-state index in [1.54, 1.807) is 0 Å². The minimum atomic E-state index is 1.04. The molecule has 1 heterocycles. The van der Waals surface area contributed by atoms with Gasteiger partial charge in [-0.1, -0.05) is 23.8 Å². The molecule has 2 rings (SSSR count). The summed E-state index contributed by atoms with van der Waals surface area (Å²) in [7, 11) is 1.96. The van der Waals surface area contributed by atoms with Crippen molar-refractivity contribution >= 4 is 15.9 Å². The zero-order valence-electron chi connectivity index (χ0n) is 9.08. The van der Waals surface area contributed by atoms with Gasteiger partial charge in [0.05, 0.1) is 16.4 Å². The first-order chi connectivity index (χ1) is 7.09. The molecule has 0 radical (unpaired) electrons. The van der Waals surface area contributed by atoms with Crippen LogP contribution in [0, 0.1) is 13.8 Å². The van der Waals surface area contributed by atoms with Gasteiger partial charge >= 0.3 is 0 Å². The molecule has 0 amide bonds. The van der Waals surface area contributed by atoms with E-state index in [9.17, 15) is 0 Å². The molecule has 0 saturated carbocycles. The molecular weight excluding hydrogens is 252 g/mol. The van der Waals surface area contributed by atoms with Crippen LogP contribution in [0.1, 0.15) is 11.1 Å². The van der Waals surface area contributed by atoms with Crippen molar-refractivity contribution in [1.29, 1.82) is 0 Å². The van der Waals surface area contributed by atoms with Gasteiger partial charge in [-0.05, 0) is 35.3 Å². The van der Waals surface area contributed by atoms with Crippen molar-refractivity contribution < 1.29 is 0 Å². The van der Waals surface area contributed by atoms with Crippen LogP contribution in [-0.4, -0.2) is 9.78 Å². The van der Waals surface area contributed by atoms with Crippen molar-refractivity contribution in [3.8, 4) is 11.3 Å². The number of nitrogens with zero attached hydrogens (tertiary/aromatic N) is 2. The molecule has 0 spiro atoms. The van der Waals surface area contributed by atoms with Crippen LogP contribution < -0.4 is 0 Å². The zero-order chi connectivity index (χ0) is 11.0. The zero-order valence-corrected chi connectivity index (χ0v) is 10.7. The Bertz CT molecular complexity index is 481. The van der Waals surface area contributed by atoms with Crippen LogP contribution in [0.2, 0.25) is 0 Å². The van der Waals surface area contributed by atoms with Crippen molar-refractivity contribution in [1.82, 2.24) is 9.78 Å². The molecule has 78 valence electrons.